The molecule has 2 N–H and O–H groups in total. The van der Waals surface area contributed by atoms with Crippen molar-refractivity contribution in [1.82, 2.24) is 10.6 Å². The molecule has 0 bridgehead atoms. The Hall–Kier alpha value is -0.120. The average molecular weight is 200 g/mol. The first-order valence-electron chi connectivity index (χ1n) is 5.82. The minimum absolute atomic E-state index is 0.552. The van der Waals surface area contributed by atoms with Gasteiger partial charge in [-0.2, -0.15) is 0 Å². The summed E-state index contributed by atoms with van der Waals surface area (Å²) in [7, 11) is 0. The van der Waals surface area contributed by atoms with Crippen molar-refractivity contribution in [2.24, 2.45) is 5.92 Å². The second-order valence-electron chi connectivity index (χ2n) is 4.18. The van der Waals surface area contributed by atoms with Crippen LogP contribution in [0.3, 0.4) is 0 Å². The van der Waals surface area contributed by atoms with E-state index in [1.165, 1.54) is 6.42 Å². The zero-order valence-electron chi connectivity index (χ0n) is 9.68. The first-order valence-corrected chi connectivity index (χ1v) is 5.82. The molecule has 0 aliphatic carbocycles. The summed E-state index contributed by atoms with van der Waals surface area (Å²) in [6, 6.07) is 1.18. The first kappa shape index (κ1) is 12.0. The van der Waals surface area contributed by atoms with Crippen molar-refractivity contribution in [3.8, 4) is 0 Å². The van der Waals surface area contributed by atoms with E-state index in [0.717, 1.165) is 26.3 Å². The van der Waals surface area contributed by atoms with Gasteiger partial charge in [-0.15, -0.1) is 0 Å². The van der Waals surface area contributed by atoms with Crippen LogP contribution >= 0.6 is 0 Å². The second-order valence-corrected chi connectivity index (χ2v) is 4.18. The molecule has 1 aliphatic rings. The van der Waals surface area contributed by atoms with Crippen molar-refractivity contribution in [2.45, 2.75) is 39.3 Å². The van der Waals surface area contributed by atoms with Crippen molar-refractivity contribution >= 4 is 0 Å². The van der Waals surface area contributed by atoms with Gasteiger partial charge in [-0.1, -0.05) is 13.8 Å². The maximum absolute atomic E-state index is 5.49. The van der Waals surface area contributed by atoms with Crippen LogP contribution in [0.5, 0.6) is 0 Å². The highest BCUT2D eigenvalue weighted by atomic mass is 16.5. The summed E-state index contributed by atoms with van der Waals surface area (Å²) in [4.78, 5) is 0. The summed E-state index contributed by atoms with van der Waals surface area (Å²) in [5, 5.41) is 7.01. The Balaban J connectivity index is 2.21. The molecule has 14 heavy (non-hydrogen) atoms. The van der Waals surface area contributed by atoms with Gasteiger partial charge in [0.25, 0.3) is 0 Å². The number of likely N-dealkylation sites (N-methyl/N-ethyl adjacent to an activating group) is 1. The van der Waals surface area contributed by atoms with Crippen LogP contribution in [0.15, 0.2) is 0 Å². The highest BCUT2D eigenvalue weighted by Crippen LogP contribution is 2.12. The molecule has 1 heterocycles. The molecule has 1 fully saturated rings. The van der Waals surface area contributed by atoms with E-state index < -0.39 is 0 Å². The molecule has 84 valence electrons. The Kier molecular flexibility index (Phi) is 5.45. The molecule has 0 amide bonds. The van der Waals surface area contributed by atoms with E-state index >= 15 is 0 Å². The Morgan fingerprint density at radius 1 is 1.36 bits per heavy atom. The maximum atomic E-state index is 5.49. The van der Waals surface area contributed by atoms with Crippen LogP contribution in [0.25, 0.3) is 0 Å². The predicted molar refractivity (Wildman–Crippen MR) is 59.5 cm³/mol. The molecule has 1 saturated heterocycles. The summed E-state index contributed by atoms with van der Waals surface area (Å²) >= 11 is 0. The van der Waals surface area contributed by atoms with Crippen molar-refractivity contribution in [1.29, 1.82) is 0 Å². The largest absolute Gasteiger partial charge is 0.379 e. The molecule has 3 heteroatoms. The van der Waals surface area contributed by atoms with E-state index in [9.17, 15) is 0 Å². The highest BCUT2D eigenvalue weighted by molar-refractivity contribution is 4.82. The summed E-state index contributed by atoms with van der Waals surface area (Å²) < 4.78 is 5.49. The fraction of sp³-hybridized carbons (Fsp3) is 1.00. The highest BCUT2D eigenvalue weighted by Gasteiger charge is 2.27. The molecule has 3 atom stereocenters. The van der Waals surface area contributed by atoms with Crippen molar-refractivity contribution in [3.63, 3.8) is 0 Å². The smallest absolute Gasteiger partial charge is 0.0623 e. The molecule has 0 saturated carbocycles. The third kappa shape index (κ3) is 3.56. The van der Waals surface area contributed by atoms with E-state index in [2.05, 4.69) is 31.4 Å². The van der Waals surface area contributed by atoms with Crippen LogP contribution in [-0.2, 0) is 4.74 Å². The molecule has 0 radical (unpaired) electrons. The minimum atomic E-state index is 0.552. The molecule has 1 aliphatic heterocycles. The fourth-order valence-corrected chi connectivity index (χ4v) is 1.78. The van der Waals surface area contributed by atoms with Crippen LogP contribution in [0.4, 0.5) is 0 Å². The van der Waals surface area contributed by atoms with E-state index in [1.54, 1.807) is 0 Å². The van der Waals surface area contributed by atoms with Crippen molar-refractivity contribution < 1.29 is 4.74 Å². The number of ether oxygens (including phenoxy) is 1. The van der Waals surface area contributed by atoms with E-state index in [-0.39, 0.29) is 0 Å². The van der Waals surface area contributed by atoms with E-state index in [1.807, 2.05) is 0 Å². The monoisotopic (exact) mass is 200 g/mol. The Morgan fingerprint density at radius 2 is 2.14 bits per heavy atom. The van der Waals surface area contributed by atoms with Crippen LogP contribution in [0, 0.1) is 5.92 Å². The van der Waals surface area contributed by atoms with Crippen LogP contribution in [-0.4, -0.2) is 38.4 Å². The third-order valence-corrected chi connectivity index (χ3v) is 3.01. The first-order chi connectivity index (χ1) is 6.77. The molecule has 3 unspecified atom stereocenters. The van der Waals surface area contributed by atoms with Gasteiger partial charge in [-0.25, -0.2) is 0 Å². The van der Waals surface area contributed by atoms with Crippen LogP contribution in [0.2, 0.25) is 0 Å². The van der Waals surface area contributed by atoms with Crippen LogP contribution in [0.1, 0.15) is 27.2 Å². The van der Waals surface area contributed by atoms with Gasteiger partial charge in [-0.3, -0.25) is 0 Å². The lowest BCUT2D eigenvalue weighted by Crippen LogP contribution is -2.42. The molecule has 0 spiro atoms. The lowest BCUT2D eigenvalue weighted by atomic mass is 10.0. The number of rotatable bonds is 6. The summed E-state index contributed by atoms with van der Waals surface area (Å²) in [6.07, 6.45) is 1.19. The van der Waals surface area contributed by atoms with Gasteiger partial charge >= 0.3 is 0 Å². The Bertz CT molecular complexity index is 152. The van der Waals surface area contributed by atoms with E-state index in [4.69, 9.17) is 4.74 Å². The average Bonchev–Trinajstić information content (AvgIpc) is 2.62. The number of hydrogen-bond acceptors (Lipinski definition) is 3. The lowest BCUT2D eigenvalue weighted by molar-refractivity contribution is 0.181. The molecule has 0 aromatic carbocycles. The quantitative estimate of drug-likeness (QED) is 0.671. The molecular weight excluding hydrogens is 176 g/mol. The van der Waals surface area contributed by atoms with Gasteiger partial charge in [0.1, 0.15) is 0 Å². The molecule has 0 aromatic rings. The summed E-state index contributed by atoms with van der Waals surface area (Å²) in [5.41, 5.74) is 0. The summed E-state index contributed by atoms with van der Waals surface area (Å²) in [5.74, 6) is 0.643. The van der Waals surface area contributed by atoms with Crippen LogP contribution < -0.4 is 10.6 Å². The zero-order valence-corrected chi connectivity index (χ0v) is 9.68. The van der Waals surface area contributed by atoms with Crippen molar-refractivity contribution in [3.05, 3.63) is 0 Å². The Labute approximate surface area is 87.6 Å². The normalized spacial score (nSPS) is 29.4. The second kappa shape index (κ2) is 6.38. The van der Waals surface area contributed by atoms with Gasteiger partial charge in [0.2, 0.25) is 0 Å². The standard InChI is InChI=1S/C11H24N2O/c1-4-9(3)13-6-10-7-14-8-11(10)12-5-2/h9-13H,4-8H2,1-3H3. The van der Waals surface area contributed by atoms with Gasteiger partial charge < -0.3 is 15.4 Å². The topological polar surface area (TPSA) is 33.3 Å². The van der Waals surface area contributed by atoms with Crippen molar-refractivity contribution in [2.75, 3.05) is 26.3 Å². The predicted octanol–water partition coefficient (Wildman–Crippen LogP) is 0.999. The van der Waals surface area contributed by atoms with Gasteiger partial charge in [0.15, 0.2) is 0 Å². The molecule has 3 nitrogen and oxygen atoms in total. The summed E-state index contributed by atoms with van der Waals surface area (Å²) in [6.45, 7) is 10.5. The fourth-order valence-electron chi connectivity index (χ4n) is 1.78. The SMILES string of the molecule is CCNC1COCC1CNC(C)CC. The Morgan fingerprint density at radius 3 is 2.79 bits per heavy atom. The molecular formula is C11H24N2O. The maximum Gasteiger partial charge on any atom is 0.0623 e. The number of nitrogens with one attached hydrogen (secondary N) is 2. The third-order valence-electron chi connectivity index (χ3n) is 3.01. The van der Waals surface area contributed by atoms with E-state index in [0.29, 0.717) is 18.0 Å². The lowest BCUT2D eigenvalue weighted by Gasteiger charge is -2.20. The van der Waals surface area contributed by atoms with Gasteiger partial charge in [0.05, 0.1) is 13.2 Å². The molecule has 1 rings (SSSR count). The number of hydrogen-bond donors (Lipinski definition) is 2. The minimum Gasteiger partial charge on any atom is -0.379 e. The zero-order chi connectivity index (χ0) is 10.4. The van der Waals surface area contributed by atoms with Gasteiger partial charge in [0, 0.05) is 24.5 Å². The molecule has 0 aromatic heterocycles. The van der Waals surface area contributed by atoms with Gasteiger partial charge in [-0.05, 0) is 19.9 Å².